The van der Waals surface area contributed by atoms with Crippen LogP contribution in [-0.4, -0.2) is 35.1 Å². The maximum absolute atomic E-state index is 12.2. The molecule has 6 heteroatoms. The van der Waals surface area contributed by atoms with Crippen molar-refractivity contribution in [3.05, 3.63) is 59.8 Å². The summed E-state index contributed by atoms with van der Waals surface area (Å²) in [5.41, 5.74) is 1.57. The summed E-state index contributed by atoms with van der Waals surface area (Å²) in [6, 6.07) is 12.6. The average Bonchev–Trinajstić information content (AvgIpc) is 2.59. The van der Waals surface area contributed by atoms with Crippen LogP contribution in [0.3, 0.4) is 0 Å². The van der Waals surface area contributed by atoms with Crippen LogP contribution >= 0.6 is 11.8 Å². The Balaban J connectivity index is 1.49. The van der Waals surface area contributed by atoms with Gasteiger partial charge in [-0.2, -0.15) is 0 Å². The van der Waals surface area contributed by atoms with Gasteiger partial charge in [0.15, 0.2) is 0 Å². The van der Waals surface area contributed by atoms with E-state index in [9.17, 15) is 9.59 Å². The number of aromatic nitrogens is 1. The van der Waals surface area contributed by atoms with Crippen LogP contribution in [0.4, 0.5) is 0 Å². The first kappa shape index (κ1) is 15.6. The van der Waals surface area contributed by atoms with Gasteiger partial charge in [0, 0.05) is 30.5 Å². The van der Waals surface area contributed by atoms with Gasteiger partial charge in [-0.15, -0.1) is 11.8 Å². The number of nitrogens with one attached hydrogen (secondary N) is 2. The van der Waals surface area contributed by atoms with Crippen molar-refractivity contribution in [2.24, 2.45) is 0 Å². The van der Waals surface area contributed by atoms with Gasteiger partial charge >= 0.3 is 0 Å². The van der Waals surface area contributed by atoms with E-state index < -0.39 is 6.04 Å². The van der Waals surface area contributed by atoms with Crippen LogP contribution < -0.4 is 10.6 Å². The lowest BCUT2D eigenvalue weighted by Crippen LogP contribution is -2.51. The highest BCUT2D eigenvalue weighted by molar-refractivity contribution is 7.99. The van der Waals surface area contributed by atoms with E-state index in [1.54, 1.807) is 24.0 Å². The molecule has 0 bridgehead atoms. The number of nitrogens with zero attached hydrogens (tertiary/aromatic N) is 1. The number of benzene rings is 1. The van der Waals surface area contributed by atoms with Crippen LogP contribution in [0.15, 0.2) is 53.7 Å². The Hall–Kier alpha value is -2.34. The number of rotatable bonds is 5. The van der Waals surface area contributed by atoms with Crippen LogP contribution in [-0.2, 0) is 11.2 Å². The number of fused-ring (bicyclic) bond motifs is 1. The second kappa shape index (κ2) is 7.28. The maximum atomic E-state index is 12.2. The zero-order valence-corrected chi connectivity index (χ0v) is 13.3. The van der Waals surface area contributed by atoms with Gasteiger partial charge in [0.05, 0.1) is 5.03 Å². The molecule has 0 unspecified atom stereocenters. The largest absolute Gasteiger partial charge is 0.353 e. The van der Waals surface area contributed by atoms with Crippen molar-refractivity contribution in [3.8, 4) is 0 Å². The van der Waals surface area contributed by atoms with Crippen LogP contribution in [0.5, 0.6) is 0 Å². The SMILES string of the molecule is O=C1N[C@@H](C(=O)NCCSc2ccccn2)Cc2ccccc21. The number of carbonyl (C=O) groups is 2. The van der Waals surface area contributed by atoms with E-state index in [2.05, 4.69) is 15.6 Å². The summed E-state index contributed by atoms with van der Waals surface area (Å²) in [6.45, 7) is 0.536. The highest BCUT2D eigenvalue weighted by atomic mass is 32.2. The average molecular weight is 327 g/mol. The molecule has 0 aliphatic carbocycles. The first-order valence-electron chi connectivity index (χ1n) is 7.44. The molecule has 1 aliphatic rings. The molecule has 2 amide bonds. The van der Waals surface area contributed by atoms with Crippen molar-refractivity contribution in [1.29, 1.82) is 0 Å². The van der Waals surface area contributed by atoms with Crippen LogP contribution in [0.2, 0.25) is 0 Å². The fourth-order valence-corrected chi connectivity index (χ4v) is 3.19. The number of carbonyl (C=O) groups excluding carboxylic acids is 2. The first-order chi connectivity index (χ1) is 11.2. The molecule has 1 aromatic heterocycles. The number of hydrogen-bond donors (Lipinski definition) is 2. The Kier molecular flexibility index (Phi) is 4.92. The van der Waals surface area contributed by atoms with Gasteiger partial charge in [-0.05, 0) is 23.8 Å². The van der Waals surface area contributed by atoms with E-state index in [1.807, 2.05) is 36.4 Å². The lowest BCUT2D eigenvalue weighted by molar-refractivity contribution is -0.122. The van der Waals surface area contributed by atoms with Crippen LogP contribution in [0, 0.1) is 0 Å². The minimum Gasteiger partial charge on any atom is -0.353 e. The van der Waals surface area contributed by atoms with Crippen molar-refractivity contribution in [1.82, 2.24) is 15.6 Å². The predicted octanol–water partition coefficient (Wildman–Crippen LogP) is 1.64. The molecule has 1 atom stereocenters. The monoisotopic (exact) mass is 327 g/mol. The second-order valence-corrected chi connectivity index (χ2v) is 6.31. The fourth-order valence-electron chi connectivity index (χ4n) is 2.47. The molecular weight excluding hydrogens is 310 g/mol. The Labute approximate surface area is 138 Å². The van der Waals surface area contributed by atoms with Crippen molar-refractivity contribution in [2.45, 2.75) is 17.5 Å². The molecule has 2 heterocycles. The molecule has 1 aliphatic heterocycles. The third kappa shape index (κ3) is 3.90. The van der Waals surface area contributed by atoms with Crippen molar-refractivity contribution in [2.75, 3.05) is 12.3 Å². The summed E-state index contributed by atoms with van der Waals surface area (Å²) >= 11 is 1.59. The molecule has 2 N–H and O–H groups in total. The molecule has 118 valence electrons. The molecular formula is C17H17N3O2S. The minimum atomic E-state index is -0.503. The number of hydrogen-bond acceptors (Lipinski definition) is 4. The molecule has 2 aromatic rings. The zero-order valence-electron chi connectivity index (χ0n) is 12.5. The fraction of sp³-hybridized carbons (Fsp3) is 0.235. The molecule has 0 fully saturated rings. The number of thioether (sulfide) groups is 1. The predicted molar refractivity (Wildman–Crippen MR) is 89.4 cm³/mol. The van der Waals surface area contributed by atoms with Gasteiger partial charge in [-0.25, -0.2) is 4.98 Å². The topological polar surface area (TPSA) is 71.1 Å². The summed E-state index contributed by atoms with van der Waals surface area (Å²) in [5, 5.41) is 6.56. The Morgan fingerprint density at radius 3 is 2.91 bits per heavy atom. The third-order valence-electron chi connectivity index (χ3n) is 3.60. The Morgan fingerprint density at radius 1 is 1.26 bits per heavy atom. The van der Waals surface area contributed by atoms with Gasteiger partial charge in [0.2, 0.25) is 5.91 Å². The van der Waals surface area contributed by atoms with Crippen molar-refractivity contribution in [3.63, 3.8) is 0 Å². The van der Waals surface area contributed by atoms with Crippen LogP contribution in [0.1, 0.15) is 15.9 Å². The third-order valence-corrected chi connectivity index (χ3v) is 4.54. The standard InChI is InChI=1S/C17H17N3O2S/c21-16-13-6-2-1-5-12(13)11-14(20-16)17(22)19-9-10-23-15-7-3-4-8-18-15/h1-8,14H,9-11H2,(H,19,22)(H,20,21)/t14-/m1/s1. The summed E-state index contributed by atoms with van der Waals surface area (Å²) in [4.78, 5) is 28.4. The number of pyridine rings is 1. The van der Waals surface area contributed by atoms with E-state index >= 15 is 0 Å². The van der Waals surface area contributed by atoms with Crippen LogP contribution in [0.25, 0.3) is 0 Å². The van der Waals surface area contributed by atoms with E-state index in [4.69, 9.17) is 0 Å². The van der Waals surface area contributed by atoms with Gasteiger partial charge in [0.25, 0.3) is 5.91 Å². The number of amides is 2. The molecule has 5 nitrogen and oxygen atoms in total. The summed E-state index contributed by atoms with van der Waals surface area (Å²) in [6.07, 6.45) is 2.27. The summed E-state index contributed by atoms with van der Waals surface area (Å²) in [7, 11) is 0. The normalized spacial score (nSPS) is 16.3. The van der Waals surface area contributed by atoms with Crippen molar-refractivity contribution >= 4 is 23.6 Å². The molecule has 3 rings (SSSR count). The smallest absolute Gasteiger partial charge is 0.252 e. The van der Waals surface area contributed by atoms with E-state index in [0.29, 0.717) is 18.5 Å². The first-order valence-corrected chi connectivity index (χ1v) is 8.43. The highest BCUT2D eigenvalue weighted by Crippen LogP contribution is 2.16. The molecule has 0 saturated heterocycles. The lowest BCUT2D eigenvalue weighted by Gasteiger charge is -2.24. The molecule has 0 saturated carbocycles. The molecule has 23 heavy (non-hydrogen) atoms. The Morgan fingerprint density at radius 2 is 2.09 bits per heavy atom. The van der Waals surface area contributed by atoms with Crippen molar-refractivity contribution < 1.29 is 9.59 Å². The summed E-state index contributed by atoms with van der Waals surface area (Å²) < 4.78 is 0. The second-order valence-electron chi connectivity index (χ2n) is 5.19. The van der Waals surface area contributed by atoms with Gasteiger partial charge in [-0.1, -0.05) is 24.3 Å². The summed E-state index contributed by atoms with van der Waals surface area (Å²) in [5.74, 6) is 0.407. The quantitative estimate of drug-likeness (QED) is 0.647. The lowest BCUT2D eigenvalue weighted by atomic mass is 9.95. The molecule has 0 radical (unpaired) electrons. The van der Waals surface area contributed by atoms with E-state index in [0.717, 1.165) is 16.3 Å². The maximum Gasteiger partial charge on any atom is 0.252 e. The minimum absolute atomic E-state index is 0.144. The van der Waals surface area contributed by atoms with Gasteiger partial charge in [-0.3, -0.25) is 9.59 Å². The van der Waals surface area contributed by atoms with Gasteiger partial charge < -0.3 is 10.6 Å². The molecule has 0 spiro atoms. The highest BCUT2D eigenvalue weighted by Gasteiger charge is 2.28. The van der Waals surface area contributed by atoms with E-state index in [-0.39, 0.29) is 11.8 Å². The Bertz CT molecular complexity index is 706. The zero-order chi connectivity index (χ0) is 16.1. The van der Waals surface area contributed by atoms with E-state index in [1.165, 1.54) is 0 Å². The molecule has 1 aromatic carbocycles. The van der Waals surface area contributed by atoms with Gasteiger partial charge in [0.1, 0.15) is 6.04 Å².